The van der Waals surface area contributed by atoms with Gasteiger partial charge >= 0.3 is 0 Å². The summed E-state index contributed by atoms with van der Waals surface area (Å²) < 4.78 is 52.4. The van der Waals surface area contributed by atoms with Gasteiger partial charge in [-0.2, -0.15) is 0 Å². The van der Waals surface area contributed by atoms with E-state index in [1.807, 2.05) is 25.1 Å². The van der Waals surface area contributed by atoms with E-state index in [1.165, 1.54) is 23.5 Å². The monoisotopic (exact) mass is 507 g/mol. The molecule has 3 unspecified atom stereocenters. The van der Waals surface area contributed by atoms with Crippen molar-refractivity contribution in [2.24, 2.45) is 0 Å². The summed E-state index contributed by atoms with van der Waals surface area (Å²) in [5, 5.41) is 18.2. The average molecular weight is 508 g/mol. The molecule has 2 heterocycles. The van der Waals surface area contributed by atoms with Crippen molar-refractivity contribution in [3.05, 3.63) is 82.0 Å². The van der Waals surface area contributed by atoms with Crippen LogP contribution in [0.1, 0.15) is 35.2 Å². The second kappa shape index (κ2) is 10.5. The van der Waals surface area contributed by atoms with Crippen LogP contribution in [-0.4, -0.2) is 43.0 Å². The Bertz CT molecular complexity index is 1220. The molecule has 6 nitrogen and oxygen atoms in total. The normalized spacial score (nSPS) is 18.8. The van der Waals surface area contributed by atoms with Crippen LogP contribution in [0.3, 0.4) is 0 Å². The minimum Gasteiger partial charge on any atom is -0.390 e. The number of hydrogen-bond acceptors (Lipinski definition) is 7. The summed E-state index contributed by atoms with van der Waals surface area (Å²) in [7, 11) is -3.28. The summed E-state index contributed by atoms with van der Waals surface area (Å²) in [6, 6.07) is 8.07. The fourth-order valence-corrected chi connectivity index (χ4v) is 6.51. The van der Waals surface area contributed by atoms with Crippen molar-refractivity contribution < 1.29 is 22.3 Å². The molecule has 2 aromatic carbocycles. The SMILES string of the molecule is CCc1ccc2c(c1)C(NCC(O)C(Cc1cc(F)cc(F)c1)Nc1cncs1)CS(=O)(=O)C2. The topological polar surface area (TPSA) is 91.3 Å². The zero-order chi connectivity index (χ0) is 24.3. The molecule has 0 spiro atoms. The van der Waals surface area contributed by atoms with Gasteiger partial charge in [0.15, 0.2) is 9.84 Å². The Hall–Kier alpha value is -2.40. The zero-order valence-electron chi connectivity index (χ0n) is 18.7. The molecule has 0 bridgehead atoms. The van der Waals surface area contributed by atoms with E-state index in [9.17, 15) is 22.3 Å². The van der Waals surface area contributed by atoms with Crippen LogP contribution in [0.25, 0.3) is 0 Å². The minimum atomic E-state index is -3.28. The van der Waals surface area contributed by atoms with Gasteiger partial charge in [0.2, 0.25) is 0 Å². The smallest absolute Gasteiger partial charge is 0.156 e. The van der Waals surface area contributed by atoms with Crippen LogP contribution in [0.2, 0.25) is 0 Å². The number of nitrogens with one attached hydrogen (secondary N) is 2. The Balaban J connectivity index is 1.52. The van der Waals surface area contributed by atoms with E-state index in [2.05, 4.69) is 15.6 Å². The number of aryl methyl sites for hydroxylation is 1. The molecule has 3 atom stereocenters. The number of hydrogen-bond donors (Lipinski definition) is 3. The predicted octanol–water partition coefficient (Wildman–Crippen LogP) is 3.63. The first kappa shape index (κ1) is 24.7. The fourth-order valence-electron chi connectivity index (χ4n) is 4.27. The van der Waals surface area contributed by atoms with Crippen LogP contribution in [0.5, 0.6) is 0 Å². The van der Waals surface area contributed by atoms with Crippen molar-refractivity contribution in [1.82, 2.24) is 10.3 Å². The van der Waals surface area contributed by atoms with E-state index in [1.54, 1.807) is 11.7 Å². The molecule has 3 N–H and O–H groups in total. The Morgan fingerprint density at radius 3 is 2.62 bits per heavy atom. The number of sulfone groups is 1. The lowest BCUT2D eigenvalue weighted by Gasteiger charge is -2.30. The first-order chi connectivity index (χ1) is 16.2. The van der Waals surface area contributed by atoms with E-state index >= 15 is 0 Å². The third kappa shape index (κ3) is 6.18. The van der Waals surface area contributed by atoms with Gasteiger partial charge in [-0.1, -0.05) is 25.1 Å². The van der Waals surface area contributed by atoms with Gasteiger partial charge in [-0.25, -0.2) is 17.2 Å². The van der Waals surface area contributed by atoms with Crippen LogP contribution in [0.4, 0.5) is 13.8 Å². The molecule has 0 amide bonds. The summed E-state index contributed by atoms with van der Waals surface area (Å²) in [6.07, 6.45) is 1.63. The molecule has 10 heteroatoms. The van der Waals surface area contributed by atoms with Gasteiger partial charge in [-0.05, 0) is 47.2 Å². The lowest BCUT2D eigenvalue weighted by molar-refractivity contribution is 0.146. The van der Waals surface area contributed by atoms with E-state index in [4.69, 9.17) is 0 Å². The number of aliphatic hydroxyl groups excluding tert-OH is 1. The lowest BCUT2D eigenvalue weighted by atomic mass is 9.97. The lowest BCUT2D eigenvalue weighted by Crippen LogP contribution is -2.45. The Kier molecular flexibility index (Phi) is 7.61. The Labute approximate surface area is 202 Å². The maximum absolute atomic E-state index is 13.7. The predicted molar refractivity (Wildman–Crippen MR) is 130 cm³/mol. The molecule has 4 rings (SSSR count). The van der Waals surface area contributed by atoms with Gasteiger partial charge in [0.05, 0.1) is 35.4 Å². The standard InChI is InChI=1S/C24H27F2N3O3S2/c1-2-15-3-4-17-12-34(31,32)13-22(20(17)7-15)28-10-23(30)21(29-24-11-27-14-33-24)8-16-5-18(25)9-19(26)6-16/h3-7,9,11,14,21-23,28-30H,2,8,10,12-13H2,1H3. The second-order valence-electron chi connectivity index (χ2n) is 8.57. The summed E-state index contributed by atoms with van der Waals surface area (Å²) in [5.41, 5.74) is 4.85. The quantitative estimate of drug-likeness (QED) is 0.410. The molecule has 0 fully saturated rings. The van der Waals surface area contributed by atoms with Gasteiger partial charge < -0.3 is 15.7 Å². The van der Waals surface area contributed by atoms with Gasteiger partial charge in [0.25, 0.3) is 0 Å². The molecule has 0 saturated heterocycles. The molecule has 0 radical (unpaired) electrons. The number of rotatable bonds is 9. The van der Waals surface area contributed by atoms with Gasteiger partial charge in [-0.3, -0.25) is 4.98 Å². The van der Waals surface area contributed by atoms with Crippen LogP contribution in [0, 0.1) is 11.6 Å². The zero-order valence-corrected chi connectivity index (χ0v) is 20.3. The largest absolute Gasteiger partial charge is 0.390 e. The highest BCUT2D eigenvalue weighted by molar-refractivity contribution is 7.90. The van der Waals surface area contributed by atoms with E-state index in [0.29, 0.717) is 10.6 Å². The first-order valence-electron chi connectivity index (χ1n) is 11.1. The molecule has 1 aromatic heterocycles. The van der Waals surface area contributed by atoms with E-state index in [0.717, 1.165) is 29.2 Å². The van der Waals surface area contributed by atoms with Gasteiger partial charge in [0, 0.05) is 18.7 Å². The number of anilines is 1. The summed E-state index contributed by atoms with van der Waals surface area (Å²) in [4.78, 5) is 4.02. The van der Waals surface area contributed by atoms with Gasteiger partial charge in [-0.15, -0.1) is 11.3 Å². The highest BCUT2D eigenvalue weighted by atomic mass is 32.2. The molecule has 1 aliphatic rings. The summed E-state index contributed by atoms with van der Waals surface area (Å²) in [5.74, 6) is -1.42. The molecule has 182 valence electrons. The highest BCUT2D eigenvalue weighted by Gasteiger charge is 2.31. The van der Waals surface area contributed by atoms with Crippen LogP contribution < -0.4 is 10.6 Å². The van der Waals surface area contributed by atoms with Crippen molar-refractivity contribution in [3.8, 4) is 0 Å². The van der Waals surface area contributed by atoms with Crippen LogP contribution in [0.15, 0.2) is 48.1 Å². The second-order valence-corrected chi connectivity index (χ2v) is 11.6. The number of aliphatic hydroxyl groups is 1. The summed E-state index contributed by atoms with van der Waals surface area (Å²) >= 11 is 1.35. The van der Waals surface area contributed by atoms with Crippen molar-refractivity contribution in [2.45, 2.75) is 43.7 Å². The fraction of sp³-hybridized carbons (Fsp3) is 0.375. The first-order valence-corrected chi connectivity index (χ1v) is 13.8. The van der Waals surface area contributed by atoms with Crippen LogP contribution in [-0.2, 0) is 28.4 Å². The van der Waals surface area contributed by atoms with Crippen LogP contribution >= 0.6 is 11.3 Å². The molecular weight excluding hydrogens is 480 g/mol. The van der Waals surface area contributed by atoms with Crippen molar-refractivity contribution in [3.63, 3.8) is 0 Å². The molecule has 0 aliphatic carbocycles. The highest BCUT2D eigenvalue weighted by Crippen LogP contribution is 2.29. The number of halogens is 2. The maximum Gasteiger partial charge on any atom is 0.156 e. The maximum atomic E-state index is 13.7. The third-order valence-corrected chi connectivity index (χ3v) is 8.26. The average Bonchev–Trinajstić information content (AvgIpc) is 3.28. The molecule has 34 heavy (non-hydrogen) atoms. The molecule has 0 saturated carbocycles. The Morgan fingerprint density at radius 1 is 1.18 bits per heavy atom. The third-order valence-electron chi connectivity index (χ3n) is 5.97. The van der Waals surface area contributed by atoms with E-state index in [-0.39, 0.29) is 24.5 Å². The van der Waals surface area contributed by atoms with Gasteiger partial charge in [0.1, 0.15) is 16.6 Å². The van der Waals surface area contributed by atoms with E-state index < -0.39 is 39.7 Å². The van der Waals surface area contributed by atoms with Crippen molar-refractivity contribution in [2.75, 3.05) is 17.6 Å². The number of nitrogens with zero attached hydrogens (tertiary/aromatic N) is 1. The number of thiazole rings is 1. The van der Waals surface area contributed by atoms with Crippen molar-refractivity contribution >= 4 is 26.2 Å². The molecule has 3 aromatic rings. The molecule has 1 aliphatic heterocycles. The Morgan fingerprint density at radius 2 is 1.94 bits per heavy atom. The number of benzene rings is 2. The van der Waals surface area contributed by atoms with Crippen molar-refractivity contribution in [1.29, 1.82) is 0 Å². The molecular formula is C24H27F2N3O3S2. The minimum absolute atomic E-state index is 0.00769. The number of fused-ring (bicyclic) bond motifs is 1. The summed E-state index contributed by atoms with van der Waals surface area (Å²) in [6.45, 7) is 2.13. The number of aromatic nitrogens is 1.